The highest BCUT2D eigenvalue weighted by molar-refractivity contribution is 5.89. The summed E-state index contributed by atoms with van der Waals surface area (Å²) in [7, 11) is 0. The van der Waals surface area contributed by atoms with Crippen molar-refractivity contribution in [2.24, 2.45) is 5.92 Å². The molecule has 2 fully saturated rings. The zero-order valence-corrected chi connectivity index (χ0v) is 13.6. The summed E-state index contributed by atoms with van der Waals surface area (Å²) in [6.45, 7) is 2.24. The minimum absolute atomic E-state index is 0.173. The van der Waals surface area contributed by atoms with Crippen LogP contribution in [0, 0.1) is 5.92 Å². The average Bonchev–Trinajstić information content (AvgIpc) is 3.07. The SMILES string of the molecule is O=C(NCC1CCCOC1)Nc1cccc(OC2CCCC2)c1. The van der Waals surface area contributed by atoms with Gasteiger partial charge in [-0.15, -0.1) is 0 Å². The Hall–Kier alpha value is -1.75. The van der Waals surface area contributed by atoms with Crippen LogP contribution in [0.5, 0.6) is 5.75 Å². The molecule has 1 saturated carbocycles. The lowest BCUT2D eigenvalue weighted by atomic mass is 10.0. The van der Waals surface area contributed by atoms with Crippen LogP contribution in [0.3, 0.4) is 0 Å². The summed E-state index contributed by atoms with van der Waals surface area (Å²) in [6, 6.07) is 7.45. The molecule has 5 nitrogen and oxygen atoms in total. The molecule has 2 N–H and O–H groups in total. The summed E-state index contributed by atoms with van der Waals surface area (Å²) >= 11 is 0. The van der Waals surface area contributed by atoms with Gasteiger partial charge in [0.05, 0.1) is 12.7 Å². The Morgan fingerprint density at radius 2 is 2.09 bits per heavy atom. The maximum absolute atomic E-state index is 12.0. The van der Waals surface area contributed by atoms with E-state index in [9.17, 15) is 4.79 Å². The molecule has 1 atom stereocenters. The molecule has 1 aromatic rings. The van der Waals surface area contributed by atoms with Gasteiger partial charge in [0.2, 0.25) is 0 Å². The van der Waals surface area contributed by atoms with Crippen molar-refractivity contribution in [3.63, 3.8) is 0 Å². The van der Waals surface area contributed by atoms with Crippen LogP contribution in [-0.2, 0) is 4.74 Å². The molecule has 0 aromatic heterocycles. The lowest BCUT2D eigenvalue weighted by molar-refractivity contribution is 0.0559. The first-order chi connectivity index (χ1) is 11.3. The van der Waals surface area contributed by atoms with E-state index in [1.807, 2.05) is 24.3 Å². The van der Waals surface area contributed by atoms with Gasteiger partial charge in [-0.3, -0.25) is 0 Å². The number of hydrogen-bond donors (Lipinski definition) is 2. The second-order valence-electron chi connectivity index (χ2n) is 6.47. The minimum atomic E-state index is -0.173. The van der Waals surface area contributed by atoms with Crippen molar-refractivity contribution >= 4 is 11.7 Å². The fourth-order valence-electron chi connectivity index (χ4n) is 3.23. The summed E-state index contributed by atoms with van der Waals surface area (Å²) in [5.74, 6) is 1.25. The number of anilines is 1. The molecular weight excluding hydrogens is 292 g/mol. The fourth-order valence-corrected chi connectivity index (χ4v) is 3.23. The Morgan fingerprint density at radius 3 is 2.87 bits per heavy atom. The van der Waals surface area contributed by atoms with Crippen LogP contribution in [0.2, 0.25) is 0 Å². The van der Waals surface area contributed by atoms with Crippen LogP contribution < -0.4 is 15.4 Å². The first-order valence-corrected chi connectivity index (χ1v) is 8.69. The zero-order chi connectivity index (χ0) is 15.9. The van der Waals surface area contributed by atoms with Crippen LogP contribution in [-0.4, -0.2) is 31.9 Å². The highest BCUT2D eigenvalue weighted by atomic mass is 16.5. The third-order valence-electron chi connectivity index (χ3n) is 4.50. The fraction of sp³-hybridized carbons (Fsp3) is 0.611. The molecule has 126 valence electrons. The maximum atomic E-state index is 12.0. The van der Waals surface area contributed by atoms with Gasteiger partial charge in [0.15, 0.2) is 0 Å². The van der Waals surface area contributed by atoms with Gasteiger partial charge in [-0.1, -0.05) is 6.07 Å². The number of carbonyl (C=O) groups is 1. The molecule has 1 aromatic carbocycles. The summed E-state index contributed by atoms with van der Waals surface area (Å²) < 4.78 is 11.4. The number of carbonyl (C=O) groups excluding carboxylic acids is 1. The molecule has 1 aliphatic heterocycles. The van der Waals surface area contributed by atoms with Gasteiger partial charge in [0.1, 0.15) is 5.75 Å². The predicted molar refractivity (Wildman–Crippen MR) is 89.9 cm³/mol. The van der Waals surface area contributed by atoms with E-state index < -0.39 is 0 Å². The second-order valence-corrected chi connectivity index (χ2v) is 6.47. The number of amides is 2. The molecule has 0 radical (unpaired) electrons. The van der Waals surface area contributed by atoms with E-state index in [1.165, 1.54) is 12.8 Å². The van der Waals surface area contributed by atoms with E-state index in [2.05, 4.69) is 10.6 Å². The number of rotatable bonds is 5. The third-order valence-corrected chi connectivity index (χ3v) is 4.50. The molecule has 23 heavy (non-hydrogen) atoms. The number of ether oxygens (including phenoxy) is 2. The smallest absolute Gasteiger partial charge is 0.319 e. The molecule has 0 bridgehead atoms. The minimum Gasteiger partial charge on any atom is -0.490 e. The normalized spacial score (nSPS) is 21.8. The molecule has 0 spiro atoms. The summed E-state index contributed by atoms with van der Waals surface area (Å²) in [4.78, 5) is 12.0. The maximum Gasteiger partial charge on any atom is 0.319 e. The molecule has 2 aliphatic rings. The average molecular weight is 318 g/mol. The van der Waals surface area contributed by atoms with E-state index in [0.717, 1.165) is 50.3 Å². The highest BCUT2D eigenvalue weighted by Gasteiger charge is 2.17. The molecule has 2 amide bonds. The molecule has 3 rings (SSSR count). The van der Waals surface area contributed by atoms with Gasteiger partial charge < -0.3 is 20.1 Å². The Labute approximate surface area is 137 Å². The topological polar surface area (TPSA) is 59.6 Å². The first-order valence-electron chi connectivity index (χ1n) is 8.69. The van der Waals surface area contributed by atoms with Crippen LogP contribution in [0.4, 0.5) is 10.5 Å². The monoisotopic (exact) mass is 318 g/mol. The van der Waals surface area contributed by atoms with E-state index >= 15 is 0 Å². The third kappa shape index (κ3) is 5.13. The molecule has 5 heteroatoms. The van der Waals surface area contributed by atoms with Crippen molar-refractivity contribution in [1.82, 2.24) is 5.32 Å². The number of urea groups is 1. The van der Waals surface area contributed by atoms with Gasteiger partial charge in [-0.05, 0) is 56.6 Å². The molecular formula is C18H26N2O3. The number of benzene rings is 1. The van der Waals surface area contributed by atoms with Crippen LogP contribution in [0.25, 0.3) is 0 Å². The van der Waals surface area contributed by atoms with Crippen molar-refractivity contribution in [2.75, 3.05) is 25.1 Å². The van der Waals surface area contributed by atoms with Gasteiger partial charge in [-0.25, -0.2) is 4.79 Å². The van der Waals surface area contributed by atoms with Crippen molar-refractivity contribution in [1.29, 1.82) is 0 Å². The summed E-state index contributed by atoms with van der Waals surface area (Å²) in [5, 5.41) is 5.80. The van der Waals surface area contributed by atoms with E-state index in [4.69, 9.17) is 9.47 Å². The number of nitrogens with one attached hydrogen (secondary N) is 2. The van der Waals surface area contributed by atoms with Gasteiger partial charge in [0.25, 0.3) is 0 Å². The van der Waals surface area contributed by atoms with Gasteiger partial charge >= 0.3 is 6.03 Å². The lowest BCUT2D eigenvalue weighted by Gasteiger charge is -2.22. The Balaban J connectivity index is 1.45. The Bertz CT molecular complexity index is 509. The molecule has 1 heterocycles. The molecule has 1 saturated heterocycles. The lowest BCUT2D eigenvalue weighted by Crippen LogP contribution is -2.35. The van der Waals surface area contributed by atoms with Crippen molar-refractivity contribution in [2.45, 2.75) is 44.6 Å². The number of hydrogen-bond acceptors (Lipinski definition) is 3. The van der Waals surface area contributed by atoms with E-state index in [-0.39, 0.29) is 6.03 Å². The first kappa shape index (κ1) is 16.1. The molecule has 1 unspecified atom stereocenters. The van der Waals surface area contributed by atoms with E-state index in [1.54, 1.807) is 0 Å². The van der Waals surface area contributed by atoms with Gasteiger partial charge in [0, 0.05) is 24.9 Å². The zero-order valence-electron chi connectivity index (χ0n) is 13.6. The summed E-state index contributed by atoms with van der Waals surface area (Å²) in [5.41, 5.74) is 0.762. The summed E-state index contributed by atoms with van der Waals surface area (Å²) in [6.07, 6.45) is 7.26. The largest absolute Gasteiger partial charge is 0.490 e. The van der Waals surface area contributed by atoms with Crippen LogP contribution >= 0.6 is 0 Å². The Kier molecular flexibility index (Phi) is 5.75. The van der Waals surface area contributed by atoms with Crippen molar-refractivity contribution < 1.29 is 14.3 Å². The Morgan fingerprint density at radius 1 is 1.22 bits per heavy atom. The van der Waals surface area contributed by atoms with Crippen molar-refractivity contribution in [3.05, 3.63) is 24.3 Å². The van der Waals surface area contributed by atoms with Crippen molar-refractivity contribution in [3.8, 4) is 5.75 Å². The second kappa shape index (κ2) is 8.20. The van der Waals surface area contributed by atoms with Crippen LogP contribution in [0.1, 0.15) is 38.5 Å². The predicted octanol–water partition coefficient (Wildman–Crippen LogP) is 3.56. The standard InChI is InChI=1S/C18H26N2O3/c21-18(19-12-14-5-4-10-22-13-14)20-15-6-3-9-17(11-15)23-16-7-1-2-8-16/h3,6,9,11,14,16H,1-2,4-5,7-8,10,12-13H2,(H2,19,20,21). The van der Waals surface area contributed by atoms with E-state index in [0.29, 0.717) is 18.6 Å². The highest BCUT2D eigenvalue weighted by Crippen LogP contribution is 2.25. The van der Waals surface area contributed by atoms with Crippen LogP contribution in [0.15, 0.2) is 24.3 Å². The quantitative estimate of drug-likeness (QED) is 0.873. The molecule has 1 aliphatic carbocycles. The van der Waals surface area contributed by atoms with Gasteiger partial charge in [-0.2, -0.15) is 0 Å².